The number of nitrogens with one attached hydrogen (secondary N) is 2. The molecule has 0 unspecified atom stereocenters. The Kier molecular flexibility index (Phi) is 5.74. The monoisotopic (exact) mass is 440 g/mol. The number of carbonyl (C=O) groups is 1. The summed E-state index contributed by atoms with van der Waals surface area (Å²) < 4.78 is 49.6. The van der Waals surface area contributed by atoms with Crippen LogP contribution >= 0.6 is 11.3 Å². The van der Waals surface area contributed by atoms with E-state index < -0.39 is 40.5 Å². The molecule has 1 aromatic heterocycles. The Balaban J connectivity index is 1.33. The highest BCUT2D eigenvalue weighted by atomic mass is 32.2. The first-order valence-corrected chi connectivity index (χ1v) is 11.2. The topological polar surface area (TPSA) is 112 Å². The average molecular weight is 440 g/mol. The largest absolute Gasteiger partial charge is 0.497 e. The minimum Gasteiger partial charge on any atom is -0.497 e. The summed E-state index contributed by atoms with van der Waals surface area (Å²) in [5, 5.41) is 4.32. The quantitative estimate of drug-likeness (QED) is 0.705. The zero-order valence-electron chi connectivity index (χ0n) is 15.4. The standard InChI is InChI=1S/C18H20N2O7S2/c1-24-12-6-4-11(5-7-12)19-18(21)27-14-10-26-16-13(9-25-17(14)16)20-29(22,23)15-3-2-8-28-15/h2-8,13-14,16-17,20H,9-10H2,1H3,(H,19,21)/t13-,14+,16+,17+/m0/s1. The second-order valence-electron chi connectivity index (χ2n) is 6.55. The number of ether oxygens (including phenoxy) is 4. The Morgan fingerprint density at radius 1 is 1.14 bits per heavy atom. The van der Waals surface area contributed by atoms with Crippen LogP contribution < -0.4 is 14.8 Å². The molecule has 1 amide bonds. The lowest BCUT2D eigenvalue weighted by Crippen LogP contribution is -2.44. The Bertz CT molecular complexity index is 947. The first-order chi connectivity index (χ1) is 14.0. The summed E-state index contributed by atoms with van der Waals surface area (Å²) in [4.78, 5) is 12.2. The average Bonchev–Trinajstić information content (AvgIpc) is 3.43. The molecule has 0 radical (unpaired) electrons. The van der Waals surface area contributed by atoms with Crippen LogP contribution in [0.1, 0.15) is 0 Å². The minimum atomic E-state index is -3.65. The molecule has 2 N–H and O–H groups in total. The predicted octanol–water partition coefficient (Wildman–Crippen LogP) is 1.82. The normalized spacial score (nSPS) is 26.1. The number of rotatable bonds is 6. The summed E-state index contributed by atoms with van der Waals surface area (Å²) in [6.07, 6.45) is -2.33. The molecule has 11 heteroatoms. The molecule has 4 atom stereocenters. The smallest absolute Gasteiger partial charge is 0.412 e. The van der Waals surface area contributed by atoms with Crippen molar-refractivity contribution in [3.05, 3.63) is 41.8 Å². The predicted molar refractivity (Wildman–Crippen MR) is 105 cm³/mol. The van der Waals surface area contributed by atoms with Gasteiger partial charge in [-0.3, -0.25) is 5.32 Å². The van der Waals surface area contributed by atoms with E-state index >= 15 is 0 Å². The van der Waals surface area contributed by atoms with Crippen molar-refractivity contribution < 1.29 is 32.2 Å². The van der Waals surface area contributed by atoms with Gasteiger partial charge in [0.05, 0.1) is 26.4 Å². The van der Waals surface area contributed by atoms with Crippen molar-refractivity contribution in [3.63, 3.8) is 0 Å². The maximum atomic E-state index is 12.4. The highest BCUT2D eigenvalue weighted by molar-refractivity contribution is 7.91. The maximum Gasteiger partial charge on any atom is 0.412 e. The lowest BCUT2D eigenvalue weighted by molar-refractivity contribution is 0.00883. The van der Waals surface area contributed by atoms with Crippen LogP contribution in [0, 0.1) is 0 Å². The van der Waals surface area contributed by atoms with Gasteiger partial charge in [-0.05, 0) is 35.7 Å². The third kappa shape index (κ3) is 4.38. The zero-order chi connectivity index (χ0) is 20.4. The molecule has 0 saturated carbocycles. The number of thiophene rings is 1. The van der Waals surface area contributed by atoms with Crippen molar-refractivity contribution in [2.75, 3.05) is 25.6 Å². The molecule has 0 spiro atoms. The van der Waals surface area contributed by atoms with Crippen LogP contribution in [-0.4, -0.2) is 59.2 Å². The van der Waals surface area contributed by atoms with E-state index in [0.717, 1.165) is 11.3 Å². The van der Waals surface area contributed by atoms with Crippen molar-refractivity contribution in [2.45, 2.75) is 28.6 Å². The van der Waals surface area contributed by atoms with Crippen LogP contribution in [0.15, 0.2) is 46.0 Å². The number of anilines is 1. The van der Waals surface area contributed by atoms with E-state index in [1.165, 1.54) is 6.07 Å². The van der Waals surface area contributed by atoms with Crippen molar-refractivity contribution >= 4 is 33.1 Å². The first-order valence-electron chi connectivity index (χ1n) is 8.87. The summed E-state index contributed by atoms with van der Waals surface area (Å²) in [5.41, 5.74) is 0.556. The summed E-state index contributed by atoms with van der Waals surface area (Å²) in [5.74, 6) is 0.673. The molecule has 0 bridgehead atoms. The summed E-state index contributed by atoms with van der Waals surface area (Å²) >= 11 is 1.13. The lowest BCUT2D eigenvalue weighted by atomic mass is 10.1. The number of sulfonamides is 1. The number of amides is 1. The molecule has 2 aromatic rings. The molecule has 4 rings (SSSR count). The SMILES string of the molecule is COc1ccc(NC(=O)O[C@@H]2CO[C@H]3[C@@H]2OC[C@@H]3NS(=O)(=O)c2cccs2)cc1. The van der Waals surface area contributed by atoms with E-state index in [2.05, 4.69) is 10.0 Å². The molecule has 2 fully saturated rings. The van der Waals surface area contributed by atoms with Crippen LogP contribution in [0.25, 0.3) is 0 Å². The second-order valence-corrected chi connectivity index (χ2v) is 9.44. The molecule has 9 nitrogen and oxygen atoms in total. The first kappa shape index (κ1) is 20.1. The van der Waals surface area contributed by atoms with Gasteiger partial charge in [-0.2, -0.15) is 0 Å². The summed E-state index contributed by atoms with van der Waals surface area (Å²) in [6, 6.07) is 9.47. The van der Waals surface area contributed by atoms with Gasteiger partial charge < -0.3 is 18.9 Å². The van der Waals surface area contributed by atoms with E-state index in [1.807, 2.05) is 0 Å². The van der Waals surface area contributed by atoms with Crippen molar-refractivity contribution in [1.82, 2.24) is 4.72 Å². The van der Waals surface area contributed by atoms with Gasteiger partial charge >= 0.3 is 6.09 Å². The van der Waals surface area contributed by atoms with E-state index in [4.69, 9.17) is 18.9 Å². The van der Waals surface area contributed by atoms with Crippen LogP contribution in [0.2, 0.25) is 0 Å². The fourth-order valence-corrected chi connectivity index (χ4v) is 5.54. The maximum absolute atomic E-state index is 12.4. The van der Waals surface area contributed by atoms with Gasteiger partial charge in [0.1, 0.15) is 22.2 Å². The number of fused-ring (bicyclic) bond motifs is 1. The molecule has 2 aliphatic rings. The van der Waals surface area contributed by atoms with Crippen molar-refractivity contribution in [2.24, 2.45) is 0 Å². The molecular weight excluding hydrogens is 420 g/mol. The van der Waals surface area contributed by atoms with Gasteiger partial charge in [0.25, 0.3) is 0 Å². The van der Waals surface area contributed by atoms with E-state index in [-0.39, 0.29) is 17.4 Å². The molecule has 2 aliphatic heterocycles. The third-order valence-corrected chi connectivity index (χ3v) is 7.56. The number of benzene rings is 1. The molecule has 29 heavy (non-hydrogen) atoms. The van der Waals surface area contributed by atoms with Gasteiger partial charge in [0.15, 0.2) is 6.10 Å². The van der Waals surface area contributed by atoms with E-state index in [1.54, 1.807) is 42.8 Å². The fraction of sp³-hybridized carbons (Fsp3) is 0.389. The van der Waals surface area contributed by atoms with Gasteiger partial charge in [0.2, 0.25) is 10.0 Å². The van der Waals surface area contributed by atoms with Gasteiger partial charge in [-0.25, -0.2) is 17.9 Å². The zero-order valence-corrected chi connectivity index (χ0v) is 17.1. The van der Waals surface area contributed by atoms with E-state index in [0.29, 0.717) is 11.4 Å². The number of hydrogen-bond donors (Lipinski definition) is 2. The molecular formula is C18H20N2O7S2. The molecule has 156 valence electrons. The molecule has 3 heterocycles. The Morgan fingerprint density at radius 2 is 1.90 bits per heavy atom. The van der Waals surface area contributed by atoms with Crippen LogP contribution in [-0.2, 0) is 24.2 Å². The number of carbonyl (C=O) groups excluding carboxylic acids is 1. The third-order valence-electron chi connectivity index (χ3n) is 4.67. The van der Waals surface area contributed by atoms with Crippen LogP contribution in [0.4, 0.5) is 10.5 Å². The fourth-order valence-electron chi connectivity index (χ4n) is 3.30. The summed E-state index contributed by atoms with van der Waals surface area (Å²) in [6.45, 7) is 0.266. The molecule has 1 aromatic carbocycles. The second kappa shape index (κ2) is 8.28. The highest BCUT2D eigenvalue weighted by Crippen LogP contribution is 2.30. The highest BCUT2D eigenvalue weighted by Gasteiger charge is 2.50. The van der Waals surface area contributed by atoms with Crippen molar-refractivity contribution in [3.8, 4) is 5.75 Å². The van der Waals surface area contributed by atoms with Crippen LogP contribution in [0.3, 0.4) is 0 Å². The molecule has 0 aliphatic carbocycles. The molecule has 2 saturated heterocycles. The lowest BCUT2D eigenvalue weighted by Gasteiger charge is -2.18. The Hall–Kier alpha value is -2.18. The van der Waals surface area contributed by atoms with Gasteiger partial charge in [-0.15, -0.1) is 11.3 Å². The van der Waals surface area contributed by atoms with Gasteiger partial charge in [0, 0.05) is 5.69 Å². The Labute approximate surface area is 172 Å². The van der Waals surface area contributed by atoms with Gasteiger partial charge in [-0.1, -0.05) is 6.07 Å². The Morgan fingerprint density at radius 3 is 2.59 bits per heavy atom. The summed E-state index contributed by atoms with van der Waals surface area (Å²) in [7, 11) is -2.09. The van der Waals surface area contributed by atoms with E-state index in [9.17, 15) is 13.2 Å². The van der Waals surface area contributed by atoms with Crippen LogP contribution in [0.5, 0.6) is 5.75 Å². The number of hydrogen-bond acceptors (Lipinski definition) is 8. The number of methoxy groups -OCH3 is 1. The minimum absolute atomic E-state index is 0.128. The van der Waals surface area contributed by atoms with Crippen molar-refractivity contribution in [1.29, 1.82) is 0 Å².